The van der Waals surface area contributed by atoms with Crippen LogP contribution in [0.25, 0.3) is 0 Å². The number of amides is 3. The zero-order valence-corrected chi connectivity index (χ0v) is 14.4. The fourth-order valence-electron chi connectivity index (χ4n) is 2.21. The van der Waals surface area contributed by atoms with Crippen LogP contribution in [0.2, 0.25) is 0 Å². The summed E-state index contributed by atoms with van der Waals surface area (Å²) in [7, 11) is 1.47. The lowest BCUT2D eigenvalue weighted by atomic mass is 10.1. The molecule has 0 aliphatic rings. The van der Waals surface area contributed by atoms with E-state index in [4.69, 9.17) is 15.2 Å². The first kappa shape index (κ1) is 18.8. The van der Waals surface area contributed by atoms with Crippen LogP contribution in [0.4, 0.5) is 11.4 Å². The van der Waals surface area contributed by atoms with Gasteiger partial charge >= 0.3 is 0 Å². The van der Waals surface area contributed by atoms with Gasteiger partial charge in [-0.2, -0.15) is 0 Å². The lowest BCUT2D eigenvalue weighted by molar-refractivity contribution is -0.120. The third-order valence-electron chi connectivity index (χ3n) is 3.27. The highest BCUT2D eigenvalue weighted by atomic mass is 16.5. The van der Waals surface area contributed by atoms with Gasteiger partial charge in [0.1, 0.15) is 11.5 Å². The number of primary amides is 1. The molecule has 2 aromatic carbocycles. The fraction of sp³-hybridized carbons (Fsp3) is 0.167. The largest absolute Gasteiger partial charge is 0.495 e. The molecule has 0 spiro atoms. The van der Waals surface area contributed by atoms with Crippen molar-refractivity contribution in [1.82, 2.24) is 0 Å². The lowest BCUT2D eigenvalue weighted by Crippen LogP contribution is -2.21. The number of carbonyl (C=O) groups is 3. The molecule has 3 amide bonds. The first-order valence-corrected chi connectivity index (χ1v) is 7.68. The van der Waals surface area contributed by atoms with Crippen molar-refractivity contribution in [2.24, 2.45) is 5.73 Å². The number of hydrogen-bond acceptors (Lipinski definition) is 5. The topological polar surface area (TPSA) is 120 Å². The van der Waals surface area contributed by atoms with E-state index in [0.717, 1.165) is 0 Å². The van der Waals surface area contributed by atoms with Gasteiger partial charge in [-0.05, 0) is 30.3 Å². The van der Waals surface area contributed by atoms with Crippen molar-refractivity contribution in [3.8, 4) is 11.5 Å². The standard InChI is InChI=1S/C18H19N3O5/c1-11(22)20-12-7-8-16(25-2)14(9-12)21-18(24)13-5-3-4-6-15(13)26-10-17(19)23/h3-9H,10H2,1-2H3,(H2,19,23)(H,20,22)(H,21,24). The third-order valence-corrected chi connectivity index (χ3v) is 3.27. The van der Waals surface area contributed by atoms with Gasteiger partial charge in [-0.25, -0.2) is 0 Å². The van der Waals surface area contributed by atoms with Gasteiger partial charge in [0, 0.05) is 12.6 Å². The van der Waals surface area contributed by atoms with Crippen LogP contribution in [0.5, 0.6) is 11.5 Å². The Balaban J connectivity index is 2.27. The average molecular weight is 357 g/mol. The summed E-state index contributed by atoms with van der Waals surface area (Å²) in [4.78, 5) is 34.7. The Morgan fingerprint density at radius 1 is 1.04 bits per heavy atom. The van der Waals surface area contributed by atoms with Crippen molar-refractivity contribution in [2.45, 2.75) is 6.92 Å². The molecule has 0 aliphatic carbocycles. The summed E-state index contributed by atoms with van der Waals surface area (Å²) in [6.45, 7) is 1.04. The Morgan fingerprint density at radius 3 is 2.42 bits per heavy atom. The second-order valence-electron chi connectivity index (χ2n) is 5.30. The van der Waals surface area contributed by atoms with E-state index in [1.807, 2.05) is 0 Å². The summed E-state index contributed by atoms with van der Waals surface area (Å²) in [5.41, 5.74) is 6.17. The van der Waals surface area contributed by atoms with Gasteiger partial charge in [0.05, 0.1) is 18.4 Å². The number of nitrogens with two attached hydrogens (primary N) is 1. The monoisotopic (exact) mass is 357 g/mol. The molecule has 0 atom stereocenters. The van der Waals surface area contributed by atoms with Crippen molar-refractivity contribution in [3.63, 3.8) is 0 Å². The van der Waals surface area contributed by atoms with E-state index in [1.165, 1.54) is 14.0 Å². The Hall–Kier alpha value is -3.55. The van der Waals surface area contributed by atoms with Crippen LogP contribution in [0.3, 0.4) is 0 Å². The molecule has 0 heterocycles. The maximum absolute atomic E-state index is 12.6. The summed E-state index contributed by atoms with van der Waals surface area (Å²) >= 11 is 0. The molecule has 2 rings (SSSR count). The number of anilines is 2. The molecular formula is C18H19N3O5. The molecule has 8 heteroatoms. The van der Waals surface area contributed by atoms with E-state index in [0.29, 0.717) is 17.1 Å². The fourth-order valence-corrected chi connectivity index (χ4v) is 2.21. The van der Waals surface area contributed by atoms with Crippen molar-refractivity contribution in [1.29, 1.82) is 0 Å². The van der Waals surface area contributed by atoms with Crippen molar-refractivity contribution in [2.75, 3.05) is 24.4 Å². The number of hydrogen-bond donors (Lipinski definition) is 3. The van der Waals surface area contributed by atoms with Crippen LogP contribution < -0.4 is 25.8 Å². The van der Waals surface area contributed by atoms with Crippen molar-refractivity contribution >= 4 is 29.1 Å². The van der Waals surface area contributed by atoms with E-state index in [-0.39, 0.29) is 23.8 Å². The highest BCUT2D eigenvalue weighted by Gasteiger charge is 2.15. The van der Waals surface area contributed by atoms with Crippen LogP contribution in [0, 0.1) is 0 Å². The Labute approximate surface area is 150 Å². The number of carbonyl (C=O) groups excluding carboxylic acids is 3. The SMILES string of the molecule is COc1ccc(NC(C)=O)cc1NC(=O)c1ccccc1OCC(N)=O. The third kappa shape index (κ3) is 4.97. The second-order valence-corrected chi connectivity index (χ2v) is 5.30. The minimum atomic E-state index is -0.648. The normalized spacial score (nSPS) is 9.92. The van der Waals surface area contributed by atoms with Gasteiger partial charge in [-0.3, -0.25) is 14.4 Å². The highest BCUT2D eigenvalue weighted by Crippen LogP contribution is 2.29. The molecule has 4 N–H and O–H groups in total. The first-order valence-electron chi connectivity index (χ1n) is 7.68. The molecule has 0 radical (unpaired) electrons. The smallest absolute Gasteiger partial charge is 0.259 e. The van der Waals surface area contributed by atoms with Gasteiger partial charge in [0.2, 0.25) is 5.91 Å². The zero-order chi connectivity index (χ0) is 19.1. The van der Waals surface area contributed by atoms with Gasteiger partial charge in [-0.1, -0.05) is 12.1 Å². The van der Waals surface area contributed by atoms with Crippen LogP contribution in [0.1, 0.15) is 17.3 Å². The lowest BCUT2D eigenvalue weighted by Gasteiger charge is -2.14. The van der Waals surface area contributed by atoms with E-state index in [9.17, 15) is 14.4 Å². The number of benzene rings is 2. The van der Waals surface area contributed by atoms with E-state index in [2.05, 4.69) is 10.6 Å². The summed E-state index contributed by atoms with van der Waals surface area (Å²) in [5, 5.41) is 5.34. The molecule has 0 unspecified atom stereocenters. The number of ether oxygens (including phenoxy) is 2. The van der Waals surface area contributed by atoms with Crippen LogP contribution in [-0.4, -0.2) is 31.4 Å². The summed E-state index contributed by atoms with van der Waals surface area (Å²) < 4.78 is 10.5. The molecule has 0 saturated heterocycles. The van der Waals surface area contributed by atoms with E-state index >= 15 is 0 Å². The summed E-state index contributed by atoms with van der Waals surface area (Å²) in [6.07, 6.45) is 0. The Bertz CT molecular complexity index is 835. The average Bonchev–Trinajstić information content (AvgIpc) is 2.60. The van der Waals surface area contributed by atoms with Crippen LogP contribution in [-0.2, 0) is 9.59 Å². The van der Waals surface area contributed by atoms with E-state index in [1.54, 1.807) is 42.5 Å². The molecule has 136 valence electrons. The molecule has 0 saturated carbocycles. The molecule has 0 aliphatic heterocycles. The van der Waals surface area contributed by atoms with Gasteiger partial charge in [0.15, 0.2) is 6.61 Å². The number of rotatable bonds is 7. The quantitative estimate of drug-likeness (QED) is 0.697. The molecule has 0 bridgehead atoms. The van der Waals surface area contributed by atoms with Gasteiger partial charge in [-0.15, -0.1) is 0 Å². The van der Waals surface area contributed by atoms with Gasteiger partial charge in [0.25, 0.3) is 11.8 Å². The predicted molar refractivity (Wildman–Crippen MR) is 96.4 cm³/mol. The Morgan fingerprint density at radius 2 is 1.77 bits per heavy atom. The molecule has 0 aromatic heterocycles. The minimum Gasteiger partial charge on any atom is -0.495 e. The minimum absolute atomic E-state index is 0.223. The van der Waals surface area contributed by atoms with Gasteiger partial charge < -0.3 is 25.8 Å². The molecule has 0 fully saturated rings. The predicted octanol–water partition coefficient (Wildman–Crippen LogP) is 1.77. The summed E-state index contributed by atoms with van der Waals surface area (Å²) in [6, 6.07) is 11.3. The maximum Gasteiger partial charge on any atom is 0.259 e. The molecule has 26 heavy (non-hydrogen) atoms. The second kappa shape index (κ2) is 8.52. The number of nitrogens with one attached hydrogen (secondary N) is 2. The Kier molecular flexibility index (Phi) is 6.15. The van der Waals surface area contributed by atoms with Crippen LogP contribution >= 0.6 is 0 Å². The molecular weight excluding hydrogens is 338 g/mol. The highest BCUT2D eigenvalue weighted by molar-refractivity contribution is 6.07. The number of para-hydroxylation sites is 1. The summed E-state index contributed by atoms with van der Waals surface area (Å²) in [5.74, 6) is -0.713. The van der Waals surface area contributed by atoms with Crippen molar-refractivity contribution < 1.29 is 23.9 Å². The maximum atomic E-state index is 12.6. The van der Waals surface area contributed by atoms with Crippen LogP contribution in [0.15, 0.2) is 42.5 Å². The zero-order valence-electron chi connectivity index (χ0n) is 14.4. The van der Waals surface area contributed by atoms with Crippen molar-refractivity contribution in [3.05, 3.63) is 48.0 Å². The first-order chi connectivity index (χ1) is 12.4. The molecule has 8 nitrogen and oxygen atoms in total. The number of methoxy groups -OCH3 is 1. The van der Waals surface area contributed by atoms with E-state index < -0.39 is 11.8 Å². The molecule has 2 aromatic rings.